The molecule has 22 N–H and O–H groups in total. The highest BCUT2D eigenvalue weighted by Crippen LogP contribution is 2.15. The second-order valence-corrected chi connectivity index (χ2v) is 14.9. The highest BCUT2D eigenvalue weighted by atomic mass is 16.5. The summed E-state index contributed by atoms with van der Waals surface area (Å²) in [7, 11) is 1.33. The van der Waals surface area contributed by atoms with Crippen LogP contribution in [0.2, 0.25) is 0 Å². The molecule has 0 fully saturated rings. The highest BCUT2D eigenvalue weighted by molar-refractivity contribution is 6.03. The minimum atomic E-state index is -1.56. The fraction of sp³-hybridized carbons (Fsp3) is 0.641. The van der Waals surface area contributed by atoms with Gasteiger partial charge in [0.15, 0.2) is 34.9 Å². The van der Waals surface area contributed by atoms with Gasteiger partial charge >= 0.3 is 11.9 Å². The van der Waals surface area contributed by atoms with Crippen LogP contribution in [0.1, 0.15) is 85.2 Å². The Morgan fingerprint density at radius 2 is 0.942 bits per heavy atom. The maximum atomic E-state index is 13.7. The number of nitrogens with one attached hydrogen (secondary N) is 6. The zero-order valence-corrected chi connectivity index (χ0v) is 38.7. The fourth-order valence-corrected chi connectivity index (χ4v) is 5.82. The van der Waals surface area contributed by atoms with E-state index in [1.54, 1.807) is 0 Å². The molecule has 1 aromatic rings. The first-order valence-electron chi connectivity index (χ1n) is 21.9. The number of likely N-dealkylation sites (N-methyl/N-ethyl adjacent to an activating group) is 1. The lowest BCUT2D eigenvalue weighted by atomic mass is 10.1. The molecule has 1 aromatic heterocycles. The van der Waals surface area contributed by atoms with Crippen LogP contribution < -0.4 is 72.0 Å². The van der Waals surface area contributed by atoms with E-state index in [2.05, 4.69) is 51.9 Å². The lowest BCUT2D eigenvalue weighted by Crippen LogP contribution is -2.54. The summed E-state index contributed by atoms with van der Waals surface area (Å²) in [6.45, 7) is 3.02. The topological polar surface area (TPSA) is 510 Å². The molecule has 0 spiro atoms. The number of aliphatic carboxylic acids is 2. The third-order valence-corrected chi connectivity index (χ3v) is 9.32. The minimum absolute atomic E-state index is 0.0127. The minimum Gasteiger partial charge on any atom is -0.481 e. The van der Waals surface area contributed by atoms with Crippen molar-refractivity contribution in [3.05, 3.63) is 11.4 Å². The van der Waals surface area contributed by atoms with Gasteiger partial charge < -0.3 is 96.5 Å². The van der Waals surface area contributed by atoms with Crippen LogP contribution in [0.15, 0.2) is 9.98 Å². The summed E-state index contributed by atoms with van der Waals surface area (Å²) < 4.78 is 16.3. The molecule has 0 aliphatic rings. The average Bonchev–Trinajstić information content (AvgIpc) is 3.29. The zero-order valence-electron chi connectivity index (χ0n) is 38.7. The first-order chi connectivity index (χ1) is 32.8. The molecule has 0 saturated carbocycles. The van der Waals surface area contributed by atoms with Crippen LogP contribution in [-0.4, -0.2) is 177 Å². The lowest BCUT2D eigenvalue weighted by molar-refractivity contribution is -0.138. The van der Waals surface area contributed by atoms with Gasteiger partial charge in [-0.2, -0.15) is 0 Å². The Labute approximate surface area is 397 Å². The number of hydrogen-bond donors (Lipinski definition) is 15. The Balaban J connectivity index is 3.17. The van der Waals surface area contributed by atoms with Crippen molar-refractivity contribution in [2.24, 2.45) is 38.7 Å². The Morgan fingerprint density at radius 1 is 0.551 bits per heavy atom. The van der Waals surface area contributed by atoms with Gasteiger partial charge in [-0.15, -0.1) is 0 Å². The maximum Gasteiger partial charge on any atom is 0.303 e. The summed E-state index contributed by atoms with van der Waals surface area (Å²) in [5.74, 6) is -9.78. The number of hydrogen-bond acceptors (Lipinski definition) is 18. The van der Waals surface area contributed by atoms with E-state index in [1.165, 1.54) is 7.05 Å². The maximum absolute atomic E-state index is 13.7. The summed E-state index contributed by atoms with van der Waals surface area (Å²) in [5.41, 5.74) is 37.7. The van der Waals surface area contributed by atoms with Gasteiger partial charge in [0.25, 0.3) is 11.8 Å². The first kappa shape index (κ1) is 59.8. The number of nitrogens with zero attached hydrogens (tertiary/aromatic N) is 4. The van der Waals surface area contributed by atoms with E-state index < -0.39 is 114 Å². The van der Waals surface area contributed by atoms with Crippen LogP contribution in [0.4, 0.5) is 11.6 Å². The largest absolute Gasteiger partial charge is 0.481 e. The van der Waals surface area contributed by atoms with Crippen molar-refractivity contribution in [1.29, 1.82) is 0 Å². The van der Waals surface area contributed by atoms with Gasteiger partial charge in [-0.05, 0) is 57.9 Å². The number of carboxylic acid groups (broad SMARTS) is 2. The monoisotopic (exact) mass is 984 g/mol. The normalized spacial score (nSPS) is 12.5. The van der Waals surface area contributed by atoms with Crippen LogP contribution in [0.25, 0.3) is 0 Å². The van der Waals surface area contributed by atoms with Gasteiger partial charge in [0.2, 0.25) is 23.6 Å². The van der Waals surface area contributed by atoms with Gasteiger partial charge in [0, 0.05) is 52.7 Å². The van der Waals surface area contributed by atoms with E-state index in [4.69, 9.17) is 54.3 Å². The fourth-order valence-electron chi connectivity index (χ4n) is 5.82. The predicted octanol–water partition coefficient (Wildman–Crippen LogP) is -5.70. The Bertz CT molecular complexity index is 1900. The molecule has 6 amide bonds. The van der Waals surface area contributed by atoms with Crippen LogP contribution in [0, 0.1) is 0 Å². The van der Waals surface area contributed by atoms with E-state index in [0.717, 1.165) is 6.42 Å². The van der Waals surface area contributed by atoms with Gasteiger partial charge in [0.1, 0.15) is 24.2 Å². The number of aromatic nitrogens is 2. The van der Waals surface area contributed by atoms with E-state index in [9.17, 15) is 48.6 Å². The number of ether oxygens (including phenoxy) is 3. The molecular formula is C39H69N17O13. The smallest absolute Gasteiger partial charge is 0.303 e. The lowest BCUT2D eigenvalue weighted by Gasteiger charge is -2.23. The molecule has 30 heteroatoms. The number of aliphatic imine (C=N–C) groups is 2. The molecule has 69 heavy (non-hydrogen) atoms. The van der Waals surface area contributed by atoms with E-state index in [-0.39, 0.29) is 70.3 Å². The van der Waals surface area contributed by atoms with Crippen molar-refractivity contribution >= 4 is 70.9 Å². The molecule has 0 unspecified atom stereocenters. The molecule has 1 heterocycles. The third kappa shape index (κ3) is 26.1. The molecule has 0 aliphatic carbocycles. The number of nitrogen functional groups attached to an aromatic ring is 2. The first-order valence-corrected chi connectivity index (χ1v) is 21.9. The molecule has 1 rings (SSSR count). The van der Waals surface area contributed by atoms with Crippen LogP contribution in [-0.2, 0) is 43.0 Å². The van der Waals surface area contributed by atoms with Crippen molar-refractivity contribution in [3.8, 4) is 0 Å². The van der Waals surface area contributed by atoms with E-state index in [0.29, 0.717) is 46.0 Å². The number of carbonyl (C=O) groups excluding carboxylic acids is 6. The summed E-state index contributed by atoms with van der Waals surface area (Å²) in [5, 5.41) is 33.4. The molecule has 0 aliphatic heterocycles. The number of anilines is 2. The summed E-state index contributed by atoms with van der Waals surface area (Å²) in [6.07, 6.45) is -0.460. The molecule has 4 atom stereocenters. The number of nitrogens with two attached hydrogens (primary N) is 7. The van der Waals surface area contributed by atoms with Crippen LogP contribution in [0.5, 0.6) is 0 Å². The number of amides is 6. The average molecular weight is 984 g/mol. The Kier molecular flexibility index (Phi) is 29.6. The molecule has 0 saturated heterocycles. The van der Waals surface area contributed by atoms with Crippen LogP contribution in [0.3, 0.4) is 0 Å². The van der Waals surface area contributed by atoms with Crippen molar-refractivity contribution in [1.82, 2.24) is 41.9 Å². The van der Waals surface area contributed by atoms with E-state index in [1.807, 2.05) is 0 Å². The molecule has 0 bridgehead atoms. The quantitative estimate of drug-likeness (QED) is 0.0168. The van der Waals surface area contributed by atoms with Gasteiger partial charge in [0.05, 0.1) is 26.4 Å². The second kappa shape index (κ2) is 34.2. The number of carbonyl (C=O) groups is 8. The predicted molar refractivity (Wildman–Crippen MR) is 249 cm³/mol. The summed E-state index contributed by atoms with van der Waals surface area (Å²) in [6, 6.07) is -5.50. The zero-order chi connectivity index (χ0) is 51.7. The van der Waals surface area contributed by atoms with Crippen molar-refractivity contribution in [3.63, 3.8) is 0 Å². The molecule has 0 aromatic carbocycles. The molecular weight excluding hydrogens is 915 g/mol. The summed E-state index contributed by atoms with van der Waals surface area (Å²) in [4.78, 5) is 118. The Morgan fingerprint density at radius 3 is 1.35 bits per heavy atom. The summed E-state index contributed by atoms with van der Waals surface area (Å²) >= 11 is 0. The van der Waals surface area contributed by atoms with Crippen molar-refractivity contribution in [2.45, 2.75) is 88.4 Å². The molecule has 30 nitrogen and oxygen atoms in total. The number of guanidine groups is 2. The van der Waals surface area contributed by atoms with Crippen molar-refractivity contribution in [2.75, 3.05) is 84.3 Å². The standard InChI is InChI=1S/C39H69N17O13/c1-47-32(61)22(6-2-13-49-38(43)44)51-35(64)25(9-11-27(59)60)54-37(66)29-31(42)55-28(30(41)56-29)36(65)53-23(7-3-14-50-39(45)46)34(63)52-24(8-10-26(57)58)33(62)48-15-5-17-68-19-21-69-20-18-67-16-4-12-40/h22-25H,2-21,40H2,1H3,(H2,41,56)(H2,42,55)(H,47,61)(H,48,62)(H,51,64)(H,52,63)(H,53,65)(H,54,66)(H,57,58)(H,59,60)(H4,43,44,49)(H4,45,46,50)/t22-,23-,24-,25-/m0/s1. The van der Waals surface area contributed by atoms with Gasteiger partial charge in [-0.25, -0.2) is 9.97 Å². The number of rotatable bonds is 37. The Hall–Kier alpha value is -7.18. The third-order valence-electron chi connectivity index (χ3n) is 9.32. The molecule has 0 radical (unpaired) electrons. The highest BCUT2D eigenvalue weighted by Gasteiger charge is 2.31. The second-order valence-electron chi connectivity index (χ2n) is 14.9. The number of carboxylic acids is 2. The molecule has 388 valence electrons. The van der Waals surface area contributed by atoms with Gasteiger partial charge in [-0.1, -0.05) is 0 Å². The SMILES string of the molecule is CNC(=O)[C@H](CCCN=C(N)N)NC(=O)[C@H](CCC(=O)O)NC(=O)c1nc(N)c(C(=O)N[C@@H](CCCN=C(N)N)C(=O)N[C@@H](CCC(=O)O)C(=O)NCCCOCCOCCOCCCN)nc1N. The van der Waals surface area contributed by atoms with Gasteiger partial charge in [-0.3, -0.25) is 48.3 Å². The van der Waals surface area contributed by atoms with Crippen molar-refractivity contribution < 1.29 is 62.8 Å². The van der Waals surface area contributed by atoms with Crippen LogP contribution >= 0.6 is 0 Å². The van der Waals surface area contributed by atoms with E-state index >= 15 is 0 Å².